The number of ether oxygens (including phenoxy) is 1. The maximum absolute atomic E-state index is 11.5. The lowest BCUT2D eigenvalue weighted by Crippen LogP contribution is -2.27. The summed E-state index contributed by atoms with van der Waals surface area (Å²) in [5.74, 6) is 0.623. The Morgan fingerprint density at radius 1 is 1.12 bits per heavy atom. The van der Waals surface area contributed by atoms with E-state index in [1.54, 1.807) is 6.07 Å². The van der Waals surface area contributed by atoms with Crippen LogP contribution in [-0.2, 0) is 25.2 Å². The molecule has 0 bridgehead atoms. The summed E-state index contributed by atoms with van der Waals surface area (Å²) in [6.45, 7) is 16.0. The quantitative estimate of drug-likeness (QED) is 0.267. The number of nitrogens with zero attached hydrogens (tertiary/aromatic N) is 1. The number of carbonyl (C=O) groups excluding carboxylic acids is 2. The first kappa shape index (κ1) is 28.5. The van der Waals surface area contributed by atoms with Crippen LogP contribution in [-0.4, -0.2) is 34.7 Å². The summed E-state index contributed by atoms with van der Waals surface area (Å²) in [5, 5.41) is 6.92. The normalized spacial score (nSPS) is 17.4. The SMILES string of the molecule is CC(C)(C)C(=N)N.CC(C)(C)c1nc(C2(C)CC2)cc(=O)[nH]1.COC(=O)CC(=O)C1(C)CC1. The highest BCUT2D eigenvalue weighted by Gasteiger charge is 2.45. The van der Waals surface area contributed by atoms with E-state index in [4.69, 9.17) is 11.1 Å². The van der Waals surface area contributed by atoms with Crippen molar-refractivity contribution < 1.29 is 14.3 Å². The molecular formula is C25H42N4O4. The molecule has 0 radical (unpaired) electrons. The summed E-state index contributed by atoms with van der Waals surface area (Å²) in [6, 6.07) is 1.64. The van der Waals surface area contributed by atoms with E-state index in [1.165, 1.54) is 7.11 Å². The van der Waals surface area contributed by atoms with Gasteiger partial charge in [0.15, 0.2) is 0 Å². The van der Waals surface area contributed by atoms with E-state index in [0.717, 1.165) is 37.2 Å². The third-order valence-corrected chi connectivity index (χ3v) is 6.08. The first-order valence-corrected chi connectivity index (χ1v) is 11.4. The first-order chi connectivity index (χ1) is 14.8. The van der Waals surface area contributed by atoms with Crippen molar-refractivity contribution in [2.24, 2.45) is 16.6 Å². The van der Waals surface area contributed by atoms with Crippen LogP contribution in [0.3, 0.4) is 0 Å². The van der Waals surface area contributed by atoms with Gasteiger partial charge in [0.2, 0.25) is 0 Å². The van der Waals surface area contributed by atoms with Crippen molar-refractivity contribution in [1.82, 2.24) is 9.97 Å². The van der Waals surface area contributed by atoms with E-state index < -0.39 is 5.97 Å². The molecule has 1 aromatic heterocycles. The number of esters is 1. The third-order valence-electron chi connectivity index (χ3n) is 6.08. The molecule has 0 aliphatic heterocycles. The number of nitrogens with two attached hydrogens (primary N) is 1. The van der Waals surface area contributed by atoms with Gasteiger partial charge in [-0.05, 0) is 25.7 Å². The van der Waals surface area contributed by atoms with E-state index in [1.807, 2.05) is 27.7 Å². The van der Waals surface area contributed by atoms with E-state index in [0.29, 0.717) is 0 Å². The lowest BCUT2D eigenvalue weighted by Gasteiger charge is -2.19. The number of Topliss-reactive ketones (excluding diaryl/α,β-unsaturated/α-hetero) is 1. The average Bonchev–Trinajstić information content (AvgIpc) is 3.60. The van der Waals surface area contributed by atoms with Gasteiger partial charge in [-0.3, -0.25) is 19.8 Å². The summed E-state index contributed by atoms with van der Waals surface area (Å²) in [6.07, 6.45) is 4.07. The molecule has 1 heterocycles. The van der Waals surface area contributed by atoms with Gasteiger partial charge in [-0.2, -0.15) is 0 Å². The van der Waals surface area contributed by atoms with Crippen molar-refractivity contribution in [3.63, 3.8) is 0 Å². The predicted octanol–water partition coefficient (Wildman–Crippen LogP) is 4.01. The van der Waals surface area contributed by atoms with Gasteiger partial charge in [0.25, 0.3) is 5.56 Å². The van der Waals surface area contributed by atoms with E-state index >= 15 is 0 Å². The summed E-state index contributed by atoms with van der Waals surface area (Å²) in [5.41, 5.74) is 5.80. The number of hydrogen-bond donors (Lipinski definition) is 3. The van der Waals surface area contributed by atoms with Gasteiger partial charge in [-0.25, -0.2) is 4.98 Å². The van der Waals surface area contributed by atoms with Crippen molar-refractivity contribution in [3.8, 4) is 0 Å². The molecule has 8 heteroatoms. The fraction of sp³-hybridized carbons (Fsp3) is 0.720. The Morgan fingerprint density at radius 3 is 1.94 bits per heavy atom. The fourth-order valence-electron chi connectivity index (χ4n) is 2.45. The largest absolute Gasteiger partial charge is 0.469 e. The van der Waals surface area contributed by atoms with Crippen LogP contribution < -0.4 is 11.3 Å². The fourth-order valence-corrected chi connectivity index (χ4v) is 2.45. The number of aromatic amines is 1. The van der Waals surface area contributed by atoms with Crippen LogP contribution in [0.2, 0.25) is 0 Å². The highest BCUT2D eigenvalue weighted by atomic mass is 16.5. The number of ketones is 1. The zero-order valence-electron chi connectivity index (χ0n) is 21.8. The highest BCUT2D eigenvalue weighted by Crippen LogP contribution is 2.47. The Labute approximate surface area is 197 Å². The van der Waals surface area contributed by atoms with Crippen LogP contribution in [0.5, 0.6) is 0 Å². The number of H-pyrrole nitrogens is 1. The van der Waals surface area contributed by atoms with Gasteiger partial charge in [0.05, 0.1) is 18.6 Å². The number of nitrogens with one attached hydrogen (secondary N) is 2. The molecule has 186 valence electrons. The molecule has 2 aliphatic carbocycles. The highest BCUT2D eigenvalue weighted by molar-refractivity contribution is 5.99. The Morgan fingerprint density at radius 2 is 1.61 bits per heavy atom. The second-order valence-corrected chi connectivity index (χ2v) is 11.7. The van der Waals surface area contributed by atoms with Crippen molar-refractivity contribution in [1.29, 1.82) is 5.41 Å². The molecule has 0 amide bonds. The van der Waals surface area contributed by atoms with Crippen molar-refractivity contribution in [2.75, 3.05) is 7.11 Å². The predicted molar refractivity (Wildman–Crippen MR) is 130 cm³/mol. The minimum absolute atomic E-state index is 0.0179. The molecule has 2 aliphatic rings. The Hall–Kier alpha value is -2.51. The molecular weight excluding hydrogens is 420 g/mol. The number of hydrogen-bond acceptors (Lipinski definition) is 6. The van der Waals surface area contributed by atoms with E-state index in [-0.39, 0.29) is 45.3 Å². The third kappa shape index (κ3) is 9.10. The molecule has 1 aromatic rings. The maximum atomic E-state index is 11.5. The van der Waals surface area contributed by atoms with Gasteiger partial charge in [-0.1, -0.05) is 55.4 Å². The molecule has 2 saturated carbocycles. The van der Waals surface area contributed by atoms with Gasteiger partial charge in [0, 0.05) is 27.7 Å². The number of aromatic nitrogens is 2. The van der Waals surface area contributed by atoms with Gasteiger partial charge >= 0.3 is 5.97 Å². The van der Waals surface area contributed by atoms with Crippen molar-refractivity contribution >= 4 is 17.6 Å². The van der Waals surface area contributed by atoms with Crippen LogP contribution in [0.15, 0.2) is 10.9 Å². The first-order valence-electron chi connectivity index (χ1n) is 11.4. The van der Waals surface area contributed by atoms with E-state index in [9.17, 15) is 14.4 Å². The monoisotopic (exact) mass is 462 g/mol. The number of amidine groups is 1. The van der Waals surface area contributed by atoms with Crippen LogP contribution in [0.4, 0.5) is 0 Å². The summed E-state index contributed by atoms with van der Waals surface area (Å²) in [7, 11) is 1.30. The lowest BCUT2D eigenvalue weighted by atomic mass is 9.95. The van der Waals surface area contributed by atoms with Crippen LogP contribution in [0.25, 0.3) is 0 Å². The number of carbonyl (C=O) groups is 2. The van der Waals surface area contributed by atoms with Crippen LogP contribution >= 0.6 is 0 Å². The summed E-state index contributed by atoms with van der Waals surface area (Å²) >= 11 is 0. The topological polar surface area (TPSA) is 139 Å². The molecule has 8 nitrogen and oxygen atoms in total. The Kier molecular flexibility index (Phi) is 8.80. The van der Waals surface area contributed by atoms with Crippen molar-refractivity contribution in [3.05, 3.63) is 27.9 Å². The summed E-state index contributed by atoms with van der Waals surface area (Å²) in [4.78, 5) is 40.8. The number of rotatable bonds is 4. The van der Waals surface area contributed by atoms with Gasteiger partial charge in [0.1, 0.15) is 18.0 Å². The van der Waals surface area contributed by atoms with Crippen LogP contribution in [0, 0.1) is 16.2 Å². The molecule has 0 unspecified atom stereocenters. The zero-order chi connectivity index (χ0) is 25.8. The lowest BCUT2D eigenvalue weighted by molar-refractivity contribution is -0.144. The maximum Gasteiger partial charge on any atom is 0.313 e. The van der Waals surface area contributed by atoms with Gasteiger partial charge in [-0.15, -0.1) is 0 Å². The molecule has 3 rings (SSSR count). The Balaban J connectivity index is 0.000000267. The summed E-state index contributed by atoms with van der Waals surface area (Å²) < 4.78 is 4.38. The minimum Gasteiger partial charge on any atom is -0.469 e. The molecule has 4 N–H and O–H groups in total. The average molecular weight is 463 g/mol. The molecule has 0 aromatic carbocycles. The van der Waals surface area contributed by atoms with Gasteiger partial charge < -0.3 is 15.5 Å². The standard InChI is InChI=1S/C12H18N2O.C8H12O3.C5H12N2/c1-11(2,3)10-13-8(7-9(15)14-10)12(4)5-6-12;1-8(3-4-8)6(9)5-7(10)11-2;1-5(2,3)4(6)7/h7H,5-6H2,1-4H3,(H,13,14,15);3-5H2,1-2H3;1-3H3,(H3,6,7). The molecule has 0 saturated heterocycles. The smallest absolute Gasteiger partial charge is 0.313 e. The molecule has 33 heavy (non-hydrogen) atoms. The number of methoxy groups -OCH3 is 1. The van der Waals surface area contributed by atoms with Crippen LogP contribution in [0.1, 0.15) is 99.0 Å². The molecule has 0 atom stereocenters. The molecule has 2 fully saturated rings. The van der Waals surface area contributed by atoms with E-state index in [2.05, 4.69) is 42.4 Å². The minimum atomic E-state index is -0.428. The second kappa shape index (κ2) is 10.2. The zero-order valence-corrected chi connectivity index (χ0v) is 21.8. The second-order valence-electron chi connectivity index (χ2n) is 11.7. The molecule has 0 spiro atoms. The van der Waals surface area contributed by atoms with Crippen molar-refractivity contribution in [2.45, 2.75) is 98.3 Å². The Bertz CT molecular complexity index is 900.